The summed E-state index contributed by atoms with van der Waals surface area (Å²) in [6, 6.07) is 8.17. The maximum atomic E-state index is 5.59. The number of fused-ring (bicyclic) bond motifs is 1. The lowest BCUT2D eigenvalue weighted by molar-refractivity contribution is 1.44. The number of anilines is 1. The Hall–Kier alpha value is -1.44. The number of hydrogen-bond donors (Lipinski definition) is 2. The predicted octanol–water partition coefficient (Wildman–Crippen LogP) is 2.06. The lowest BCUT2D eigenvalue weighted by Gasteiger charge is -1.90. The molecule has 0 saturated carbocycles. The van der Waals surface area contributed by atoms with Crippen LogP contribution < -0.4 is 5.73 Å². The van der Waals surface area contributed by atoms with E-state index in [4.69, 9.17) is 5.73 Å². The number of nitrogen functional groups attached to an aromatic ring is 1. The number of H-pyrrole nitrogens is 1. The molecule has 0 radical (unpaired) electrons. The first-order chi connectivity index (χ1) is 5.25. The van der Waals surface area contributed by atoms with E-state index in [0.29, 0.717) is 0 Å². The van der Waals surface area contributed by atoms with Gasteiger partial charge in [0.2, 0.25) is 0 Å². The maximum absolute atomic E-state index is 5.59. The van der Waals surface area contributed by atoms with Gasteiger partial charge in [0.25, 0.3) is 0 Å². The molecule has 2 heteroatoms. The molecule has 0 spiro atoms. The van der Waals surface area contributed by atoms with Crippen LogP contribution in [0.15, 0.2) is 24.3 Å². The Morgan fingerprint density at radius 3 is 2.91 bits per heavy atom. The number of rotatable bonds is 0. The third kappa shape index (κ3) is 0.963. The van der Waals surface area contributed by atoms with Crippen molar-refractivity contribution >= 4 is 16.7 Å². The van der Waals surface area contributed by atoms with Crippen molar-refractivity contribution in [3.05, 3.63) is 29.8 Å². The second-order valence-electron chi connectivity index (χ2n) is 2.82. The van der Waals surface area contributed by atoms with Gasteiger partial charge in [-0.3, -0.25) is 0 Å². The van der Waals surface area contributed by atoms with Gasteiger partial charge in [-0.05, 0) is 24.6 Å². The molecular formula is C9H10N2. The second kappa shape index (κ2) is 2.02. The molecule has 0 amide bonds. The molecule has 11 heavy (non-hydrogen) atoms. The number of nitrogens with one attached hydrogen (secondary N) is 1. The number of aromatic amines is 1. The van der Waals surface area contributed by atoms with Gasteiger partial charge in [-0.1, -0.05) is 12.1 Å². The van der Waals surface area contributed by atoms with E-state index in [1.807, 2.05) is 6.07 Å². The number of benzene rings is 1. The molecule has 2 nitrogen and oxygen atoms in total. The fourth-order valence-corrected chi connectivity index (χ4v) is 1.26. The van der Waals surface area contributed by atoms with Gasteiger partial charge in [-0.15, -0.1) is 0 Å². The molecule has 0 saturated heterocycles. The van der Waals surface area contributed by atoms with Gasteiger partial charge in [-0.2, -0.15) is 0 Å². The SMILES string of the molecule is Cc1ccc2cc(N)[nH]c2c1. The predicted molar refractivity (Wildman–Crippen MR) is 47.4 cm³/mol. The fraction of sp³-hybridized carbons (Fsp3) is 0.111. The van der Waals surface area contributed by atoms with Gasteiger partial charge in [-0.25, -0.2) is 0 Å². The zero-order valence-corrected chi connectivity index (χ0v) is 6.39. The van der Waals surface area contributed by atoms with Crippen LogP contribution in [0, 0.1) is 6.92 Å². The quantitative estimate of drug-likeness (QED) is 0.587. The second-order valence-corrected chi connectivity index (χ2v) is 2.82. The van der Waals surface area contributed by atoms with Gasteiger partial charge in [0.1, 0.15) is 5.82 Å². The van der Waals surface area contributed by atoms with E-state index in [9.17, 15) is 0 Å². The minimum atomic E-state index is 0.727. The summed E-state index contributed by atoms with van der Waals surface area (Å²) < 4.78 is 0. The van der Waals surface area contributed by atoms with Crippen LogP contribution in [0.4, 0.5) is 5.82 Å². The molecule has 0 fully saturated rings. The smallest absolute Gasteiger partial charge is 0.101 e. The van der Waals surface area contributed by atoms with E-state index in [1.165, 1.54) is 10.9 Å². The van der Waals surface area contributed by atoms with E-state index in [1.54, 1.807) is 0 Å². The standard InChI is InChI=1S/C9H10N2/c1-6-2-3-7-5-9(10)11-8(7)4-6/h2-5,11H,10H2,1H3. The van der Waals surface area contributed by atoms with Gasteiger partial charge in [0.05, 0.1) is 0 Å². The first-order valence-electron chi connectivity index (χ1n) is 3.60. The van der Waals surface area contributed by atoms with Crippen LogP contribution in [0.5, 0.6) is 0 Å². The van der Waals surface area contributed by atoms with Crippen molar-refractivity contribution in [2.45, 2.75) is 6.92 Å². The fourth-order valence-electron chi connectivity index (χ4n) is 1.26. The number of aromatic nitrogens is 1. The Labute approximate surface area is 65.0 Å². The van der Waals surface area contributed by atoms with Crippen molar-refractivity contribution in [3.63, 3.8) is 0 Å². The Morgan fingerprint density at radius 2 is 2.09 bits per heavy atom. The Bertz CT molecular complexity index is 387. The average Bonchev–Trinajstić information content (AvgIpc) is 2.27. The van der Waals surface area contributed by atoms with Gasteiger partial charge in [0.15, 0.2) is 0 Å². The summed E-state index contributed by atoms with van der Waals surface area (Å²) in [5.74, 6) is 0.727. The minimum absolute atomic E-state index is 0.727. The molecular weight excluding hydrogens is 136 g/mol. The molecule has 3 N–H and O–H groups in total. The third-order valence-electron chi connectivity index (χ3n) is 1.80. The van der Waals surface area contributed by atoms with Crippen LogP contribution in [0.3, 0.4) is 0 Å². The highest BCUT2D eigenvalue weighted by molar-refractivity contribution is 5.83. The molecule has 2 rings (SSSR count). The van der Waals surface area contributed by atoms with Crippen molar-refractivity contribution in [2.24, 2.45) is 0 Å². The summed E-state index contributed by atoms with van der Waals surface area (Å²) >= 11 is 0. The lowest BCUT2D eigenvalue weighted by Crippen LogP contribution is -1.80. The molecule has 0 atom stereocenters. The summed E-state index contributed by atoms with van der Waals surface area (Å²) in [6.07, 6.45) is 0. The summed E-state index contributed by atoms with van der Waals surface area (Å²) in [5, 5.41) is 1.17. The van der Waals surface area contributed by atoms with E-state index in [0.717, 1.165) is 11.3 Å². The molecule has 1 aromatic heterocycles. The molecule has 0 bridgehead atoms. The highest BCUT2D eigenvalue weighted by Gasteiger charge is 1.95. The highest BCUT2D eigenvalue weighted by atomic mass is 14.8. The van der Waals surface area contributed by atoms with Crippen LogP contribution >= 0.6 is 0 Å². The topological polar surface area (TPSA) is 41.8 Å². The van der Waals surface area contributed by atoms with Crippen molar-refractivity contribution in [1.29, 1.82) is 0 Å². The first kappa shape index (κ1) is 6.28. The maximum Gasteiger partial charge on any atom is 0.101 e. The molecule has 1 aromatic carbocycles. The van der Waals surface area contributed by atoms with Crippen LogP contribution in [-0.2, 0) is 0 Å². The molecule has 0 aliphatic carbocycles. The van der Waals surface area contributed by atoms with Gasteiger partial charge in [0, 0.05) is 10.9 Å². The van der Waals surface area contributed by atoms with Gasteiger partial charge >= 0.3 is 0 Å². The average molecular weight is 146 g/mol. The number of nitrogens with two attached hydrogens (primary N) is 1. The molecule has 56 valence electrons. The largest absolute Gasteiger partial charge is 0.385 e. The van der Waals surface area contributed by atoms with Crippen molar-refractivity contribution in [3.8, 4) is 0 Å². The third-order valence-corrected chi connectivity index (χ3v) is 1.80. The van der Waals surface area contributed by atoms with Crippen LogP contribution in [-0.4, -0.2) is 4.98 Å². The summed E-state index contributed by atoms with van der Waals surface area (Å²) in [6.45, 7) is 2.07. The van der Waals surface area contributed by atoms with Crippen molar-refractivity contribution < 1.29 is 0 Å². The Balaban J connectivity index is 2.82. The minimum Gasteiger partial charge on any atom is -0.385 e. The highest BCUT2D eigenvalue weighted by Crippen LogP contribution is 2.17. The zero-order valence-electron chi connectivity index (χ0n) is 6.39. The molecule has 1 heterocycles. The zero-order chi connectivity index (χ0) is 7.84. The van der Waals surface area contributed by atoms with Crippen LogP contribution in [0.1, 0.15) is 5.56 Å². The normalized spacial score (nSPS) is 10.6. The summed E-state index contributed by atoms with van der Waals surface area (Å²) in [4.78, 5) is 3.08. The van der Waals surface area contributed by atoms with Crippen LogP contribution in [0.25, 0.3) is 10.9 Å². The Kier molecular flexibility index (Phi) is 1.15. The monoisotopic (exact) mass is 146 g/mol. The first-order valence-corrected chi connectivity index (χ1v) is 3.60. The number of hydrogen-bond acceptors (Lipinski definition) is 1. The molecule has 0 aliphatic heterocycles. The van der Waals surface area contributed by atoms with Gasteiger partial charge < -0.3 is 10.7 Å². The van der Waals surface area contributed by atoms with E-state index in [2.05, 4.69) is 30.1 Å². The van der Waals surface area contributed by atoms with E-state index in [-0.39, 0.29) is 0 Å². The van der Waals surface area contributed by atoms with Crippen molar-refractivity contribution in [1.82, 2.24) is 4.98 Å². The molecule has 0 unspecified atom stereocenters. The van der Waals surface area contributed by atoms with Crippen molar-refractivity contribution in [2.75, 3.05) is 5.73 Å². The van der Waals surface area contributed by atoms with Crippen LogP contribution in [0.2, 0.25) is 0 Å². The summed E-state index contributed by atoms with van der Waals surface area (Å²) in [7, 11) is 0. The molecule has 2 aromatic rings. The van der Waals surface area contributed by atoms with E-state index >= 15 is 0 Å². The summed E-state index contributed by atoms with van der Waals surface area (Å²) in [5.41, 5.74) is 7.95. The Morgan fingerprint density at radius 1 is 1.27 bits per heavy atom. The van der Waals surface area contributed by atoms with E-state index < -0.39 is 0 Å². The lowest BCUT2D eigenvalue weighted by atomic mass is 10.2. The molecule has 0 aliphatic rings. The number of aryl methyl sites for hydroxylation is 1.